The molecule has 0 aliphatic heterocycles. The van der Waals surface area contributed by atoms with Gasteiger partial charge in [-0.2, -0.15) is 0 Å². The molecule has 2 aromatic heterocycles. The van der Waals surface area contributed by atoms with Gasteiger partial charge in [0.15, 0.2) is 0 Å². The lowest BCUT2D eigenvalue weighted by molar-refractivity contribution is 0.0526. The number of rotatable bonds is 3. The molecule has 0 amide bonds. The molecule has 0 radical (unpaired) electrons. The van der Waals surface area contributed by atoms with E-state index in [0.29, 0.717) is 11.3 Å². The second-order valence-electron chi connectivity index (χ2n) is 4.79. The topological polar surface area (TPSA) is 57.0 Å². The molecule has 0 N–H and O–H groups in total. The highest BCUT2D eigenvalue weighted by Gasteiger charge is 2.20. The first-order valence-electron chi connectivity index (χ1n) is 6.86. The molecule has 5 nitrogen and oxygen atoms in total. The summed E-state index contributed by atoms with van der Waals surface area (Å²) in [6.07, 6.45) is 3.33. The van der Waals surface area contributed by atoms with Gasteiger partial charge >= 0.3 is 5.97 Å². The largest absolute Gasteiger partial charge is 0.462 e. The Hall–Kier alpha value is -2.40. The number of nitrogens with zero attached hydrogens (tertiary/aromatic N) is 3. The lowest BCUT2D eigenvalue weighted by Crippen LogP contribution is -2.08. The molecule has 6 heteroatoms. The minimum atomic E-state index is -0.456. The molecule has 0 saturated carbocycles. The Labute approximate surface area is 139 Å². The third-order valence-electron chi connectivity index (χ3n) is 3.41. The van der Waals surface area contributed by atoms with E-state index >= 15 is 0 Å². The SMILES string of the molecule is C.CCOC(=O)c1cnc(Cl)nc1-c1cn(C)c2ccccc12. The fraction of sp³-hybridized carbons (Fsp3) is 0.235. The Balaban J connectivity index is 0.00000192. The highest BCUT2D eigenvalue weighted by Crippen LogP contribution is 2.31. The van der Waals surface area contributed by atoms with E-state index in [1.807, 2.05) is 42.1 Å². The average Bonchev–Trinajstić information content (AvgIpc) is 2.85. The quantitative estimate of drug-likeness (QED) is 0.535. The van der Waals surface area contributed by atoms with Crippen LogP contribution in [0.5, 0.6) is 0 Å². The molecule has 0 aliphatic carbocycles. The van der Waals surface area contributed by atoms with Crippen LogP contribution in [0.15, 0.2) is 36.7 Å². The second-order valence-corrected chi connectivity index (χ2v) is 5.13. The first-order valence-corrected chi connectivity index (χ1v) is 7.23. The Morgan fingerprint density at radius 1 is 1.35 bits per heavy atom. The molecular formula is C17H18ClN3O2. The Morgan fingerprint density at radius 3 is 2.83 bits per heavy atom. The van der Waals surface area contributed by atoms with Gasteiger partial charge in [0.1, 0.15) is 5.56 Å². The van der Waals surface area contributed by atoms with Crippen LogP contribution in [0.3, 0.4) is 0 Å². The summed E-state index contributed by atoms with van der Waals surface area (Å²) in [5.74, 6) is -0.456. The summed E-state index contributed by atoms with van der Waals surface area (Å²) in [5, 5.41) is 1.08. The smallest absolute Gasteiger partial charge is 0.341 e. The number of fused-ring (bicyclic) bond motifs is 1. The number of halogens is 1. The van der Waals surface area contributed by atoms with E-state index in [1.54, 1.807) is 6.92 Å². The minimum Gasteiger partial charge on any atom is -0.462 e. The van der Waals surface area contributed by atoms with Crippen molar-refractivity contribution in [2.45, 2.75) is 14.4 Å². The normalized spacial score (nSPS) is 10.4. The van der Waals surface area contributed by atoms with Crippen LogP contribution in [0.2, 0.25) is 5.28 Å². The van der Waals surface area contributed by atoms with Gasteiger partial charge in [0, 0.05) is 35.9 Å². The molecule has 3 aromatic rings. The summed E-state index contributed by atoms with van der Waals surface area (Å²) in [6, 6.07) is 7.89. The van der Waals surface area contributed by atoms with Crippen LogP contribution >= 0.6 is 11.6 Å². The number of hydrogen-bond donors (Lipinski definition) is 0. The Morgan fingerprint density at radius 2 is 2.09 bits per heavy atom. The van der Waals surface area contributed by atoms with Crippen molar-refractivity contribution in [1.29, 1.82) is 0 Å². The van der Waals surface area contributed by atoms with E-state index in [0.717, 1.165) is 16.5 Å². The summed E-state index contributed by atoms with van der Waals surface area (Å²) in [5.41, 5.74) is 2.66. The standard InChI is InChI=1S/C16H14ClN3O2.CH4/c1-3-22-15(21)11-8-18-16(17)19-14(11)12-9-20(2)13-7-5-4-6-10(12)13;/h4-9H,3H2,1-2H3;1H4. The summed E-state index contributed by atoms with van der Waals surface area (Å²) in [4.78, 5) is 20.3. The van der Waals surface area contributed by atoms with Crippen LogP contribution in [0, 0.1) is 0 Å². The molecule has 120 valence electrons. The van der Waals surface area contributed by atoms with Gasteiger partial charge in [-0.3, -0.25) is 0 Å². The van der Waals surface area contributed by atoms with Crippen molar-refractivity contribution >= 4 is 28.5 Å². The Kier molecular flexibility index (Phi) is 5.01. The highest BCUT2D eigenvalue weighted by molar-refractivity contribution is 6.28. The van der Waals surface area contributed by atoms with E-state index < -0.39 is 5.97 Å². The fourth-order valence-electron chi connectivity index (χ4n) is 2.45. The van der Waals surface area contributed by atoms with Gasteiger partial charge in [0.05, 0.1) is 12.3 Å². The molecule has 23 heavy (non-hydrogen) atoms. The maximum absolute atomic E-state index is 12.1. The van der Waals surface area contributed by atoms with E-state index in [-0.39, 0.29) is 19.3 Å². The number of carbonyl (C=O) groups is 1. The number of para-hydroxylation sites is 1. The molecule has 3 rings (SSSR count). The van der Waals surface area contributed by atoms with Crippen LogP contribution in [0.4, 0.5) is 0 Å². The first kappa shape index (κ1) is 17.0. The van der Waals surface area contributed by atoms with Crippen LogP contribution in [-0.4, -0.2) is 27.1 Å². The maximum atomic E-state index is 12.1. The van der Waals surface area contributed by atoms with Crippen molar-refractivity contribution in [3.63, 3.8) is 0 Å². The van der Waals surface area contributed by atoms with Crippen molar-refractivity contribution in [1.82, 2.24) is 14.5 Å². The molecule has 1 aromatic carbocycles. The average molecular weight is 332 g/mol. The van der Waals surface area contributed by atoms with E-state index in [4.69, 9.17) is 16.3 Å². The van der Waals surface area contributed by atoms with Crippen molar-refractivity contribution < 1.29 is 9.53 Å². The maximum Gasteiger partial charge on any atom is 0.341 e. The lowest BCUT2D eigenvalue weighted by Gasteiger charge is -2.07. The second kappa shape index (κ2) is 6.79. The molecule has 0 spiro atoms. The number of hydrogen-bond acceptors (Lipinski definition) is 4. The van der Waals surface area contributed by atoms with E-state index in [1.165, 1.54) is 6.20 Å². The van der Waals surface area contributed by atoms with Gasteiger partial charge in [-0.1, -0.05) is 25.6 Å². The molecule has 0 unspecified atom stereocenters. The third kappa shape index (κ3) is 3.05. The van der Waals surface area contributed by atoms with E-state index in [2.05, 4.69) is 9.97 Å². The van der Waals surface area contributed by atoms with Crippen LogP contribution in [-0.2, 0) is 11.8 Å². The number of esters is 1. The number of carbonyl (C=O) groups excluding carboxylic acids is 1. The lowest BCUT2D eigenvalue weighted by atomic mass is 10.1. The van der Waals surface area contributed by atoms with E-state index in [9.17, 15) is 4.79 Å². The van der Waals surface area contributed by atoms with Gasteiger partial charge < -0.3 is 9.30 Å². The summed E-state index contributed by atoms with van der Waals surface area (Å²) in [6.45, 7) is 2.04. The third-order valence-corrected chi connectivity index (χ3v) is 3.59. The van der Waals surface area contributed by atoms with Crippen LogP contribution < -0.4 is 0 Å². The van der Waals surface area contributed by atoms with Gasteiger partial charge in [-0.05, 0) is 24.6 Å². The summed E-state index contributed by atoms with van der Waals surface area (Å²) >= 11 is 5.93. The van der Waals surface area contributed by atoms with Crippen molar-refractivity contribution in [2.75, 3.05) is 6.61 Å². The van der Waals surface area contributed by atoms with Crippen molar-refractivity contribution in [3.05, 3.63) is 47.5 Å². The number of aromatic nitrogens is 3. The molecule has 0 saturated heterocycles. The summed E-state index contributed by atoms with van der Waals surface area (Å²) < 4.78 is 7.06. The fourth-order valence-corrected chi connectivity index (χ4v) is 2.59. The number of aryl methyl sites for hydroxylation is 1. The zero-order valence-corrected chi connectivity index (χ0v) is 13.0. The van der Waals surface area contributed by atoms with Gasteiger partial charge in [0.2, 0.25) is 5.28 Å². The Bertz CT molecular complexity index is 858. The monoisotopic (exact) mass is 331 g/mol. The molecule has 0 bridgehead atoms. The van der Waals surface area contributed by atoms with Gasteiger partial charge in [0.25, 0.3) is 0 Å². The van der Waals surface area contributed by atoms with Crippen molar-refractivity contribution in [2.24, 2.45) is 7.05 Å². The number of ether oxygens (including phenoxy) is 1. The highest BCUT2D eigenvalue weighted by atomic mass is 35.5. The summed E-state index contributed by atoms with van der Waals surface area (Å²) in [7, 11) is 1.94. The predicted octanol–water partition coefficient (Wildman–Crippen LogP) is 4.10. The molecule has 0 aliphatic rings. The molecular weight excluding hydrogens is 314 g/mol. The van der Waals surface area contributed by atoms with Crippen LogP contribution in [0.25, 0.3) is 22.2 Å². The first-order chi connectivity index (χ1) is 10.6. The van der Waals surface area contributed by atoms with Crippen molar-refractivity contribution in [3.8, 4) is 11.3 Å². The number of benzene rings is 1. The zero-order valence-electron chi connectivity index (χ0n) is 12.2. The predicted molar refractivity (Wildman–Crippen MR) is 91.6 cm³/mol. The van der Waals surface area contributed by atoms with Gasteiger partial charge in [-0.15, -0.1) is 0 Å². The molecule has 0 fully saturated rings. The van der Waals surface area contributed by atoms with Crippen LogP contribution in [0.1, 0.15) is 24.7 Å². The van der Waals surface area contributed by atoms with Gasteiger partial charge in [-0.25, -0.2) is 14.8 Å². The molecule has 2 heterocycles. The molecule has 0 atom stereocenters. The zero-order chi connectivity index (χ0) is 15.7. The minimum absolute atomic E-state index is 0.